The Kier molecular flexibility index (Phi) is 8.05. The van der Waals surface area contributed by atoms with E-state index in [4.69, 9.17) is 4.74 Å². The minimum atomic E-state index is -0.948. The fraction of sp³-hybridized carbons (Fsp3) is 0.125. The van der Waals surface area contributed by atoms with Gasteiger partial charge in [-0.2, -0.15) is 5.10 Å². The molecule has 0 unspecified atom stereocenters. The number of carbonyl (C=O) groups excluding carboxylic acids is 2. The van der Waals surface area contributed by atoms with Gasteiger partial charge in [0.2, 0.25) is 12.1 Å². The molecule has 0 aliphatic rings. The van der Waals surface area contributed by atoms with E-state index in [-0.39, 0.29) is 5.91 Å². The van der Waals surface area contributed by atoms with Crippen LogP contribution in [-0.4, -0.2) is 40.0 Å². The summed E-state index contributed by atoms with van der Waals surface area (Å²) < 4.78 is 7.79. The summed E-state index contributed by atoms with van der Waals surface area (Å²) in [7, 11) is 3.21. The lowest BCUT2D eigenvalue weighted by molar-refractivity contribution is -0.904. The van der Waals surface area contributed by atoms with Crippen LogP contribution in [0.3, 0.4) is 0 Å². The van der Waals surface area contributed by atoms with E-state index in [1.165, 1.54) is 24.2 Å². The zero-order valence-electron chi connectivity index (χ0n) is 22.6. The highest BCUT2D eigenvalue weighted by Crippen LogP contribution is 2.31. The van der Waals surface area contributed by atoms with Crippen LogP contribution in [0.15, 0.2) is 116 Å². The largest absolute Gasteiger partial charge is 0.490 e. The molecule has 5 aromatic rings. The molecule has 0 aliphatic carbocycles. The SMILES string of the molecule is COc1c[n+](O)ccc1-c1ccc(NC(=O)[C@@H](NC(=O)c2ccnn2C)C(c2ccccc2)c2ccccc2)cc1. The quantitative estimate of drug-likeness (QED) is 0.189. The molecule has 2 amide bonds. The van der Waals surface area contributed by atoms with Gasteiger partial charge in [0.05, 0.1) is 7.11 Å². The van der Waals surface area contributed by atoms with Gasteiger partial charge in [-0.05, 0) is 34.9 Å². The molecule has 0 spiro atoms. The van der Waals surface area contributed by atoms with Gasteiger partial charge in [0, 0.05) is 41.2 Å². The van der Waals surface area contributed by atoms with Crippen molar-refractivity contribution in [1.29, 1.82) is 0 Å². The summed E-state index contributed by atoms with van der Waals surface area (Å²) in [5.41, 5.74) is 4.30. The molecule has 0 bridgehead atoms. The van der Waals surface area contributed by atoms with Crippen LogP contribution < -0.4 is 20.1 Å². The lowest BCUT2D eigenvalue weighted by Crippen LogP contribution is -2.48. The normalized spacial score (nSPS) is 11.6. The van der Waals surface area contributed by atoms with Crippen LogP contribution in [0.5, 0.6) is 5.75 Å². The highest BCUT2D eigenvalue weighted by atomic mass is 16.5. The number of nitrogens with one attached hydrogen (secondary N) is 2. The number of aromatic nitrogens is 3. The predicted molar refractivity (Wildman–Crippen MR) is 154 cm³/mol. The standard InChI is InChI=1S/C32H29N5O4/c1-36-27(17-19-33-36)31(38)35-30(29(23-9-5-3-6-10-23)24-11-7-4-8-12-24)32(39)34-25-15-13-22(14-16-25)26-18-20-37(40)21-28(26)41-2/h3-21,29-30,40H,1-2H3,(H,35,38)/p+1/t30-/m0/s1. The van der Waals surface area contributed by atoms with Gasteiger partial charge >= 0.3 is 0 Å². The van der Waals surface area contributed by atoms with Gasteiger partial charge < -0.3 is 15.4 Å². The Balaban J connectivity index is 1.48. The van der Waals surface area contributed by atoms with E-state index in [9.17, 15) is 14.8 Å². The van der Waals surface area contributed by atoms with Gasteiger partial charge in [-0.15, -0.1) is 0 Å². The molecule has 0 aliphatic heterocycles. The Bertz CT molecular complexity index is 1600. The van der Waals surface area contributed by atoms with E-state index < -0.39 is 17.9 Å². The number of hydrogen-bond donors (Lipinski definition) is 3. The maximum atomic E-state index is 14.0. The second-order valence-electron chi connectivity index (χ2n) is 9.46. The molecular formula is C32H30N5O4+. The van der Waals surface area contributed by atoms with Crippen LogP contribution in [0.4, 0.5) is 5.69 Å². The fourth-order valence-electron chi connectivity index (χ4n) is 4.83. The van der Waals surface area contributed by atoms with Gasteiger partial charge in [0.25, 0.3) is 12.1 Å². The molecule has 1 atom stereocenters. The van der Waals surface area contributed by atoms with E-state index in [0.29, 0.717) is 17.1 Å². The molecule has 0 saturated heterocycles. The lowest BCUT2D eigenvalue weighted by Gasteiger charge is -2.28. The molecule has 3 aromatic carbocycles. The number of carbonyl (C=O) groups is 2. The summed E-state index contributed by atoms with van der Waals surface area (Å²) in [6.07, 6.45) is 4.52. The van der Waals surface area contributed by atoms with Crippen LogP contribution in [0, 0.1) is 0 Å². The molecular weight excluding hydrogens is 518 g/mol. The third kappa shape index (κ3) is 6.09. The number of nitrogens with zero attached hydrogens (tertiary/aromatic N) is 3. The number of anilines is 1. The average molecular weight is 549 g/mol. The first kappa shape index (κ1) is 27.1. The van der Waals surface area contributed by atoms with Crippen LogP contribution in [-0.2, 0) is 11.8 Å². The molecule has 5 rings (SSSR count). The Morgan fingerprint density at radius 3 is 2.10 bits per heavy atom. The van der Waals surface area contributed by atoms with E-state index in [2.05, 4.69) is 15.7 Å². The molecule has 206 valence electrons. The predicted octanol–water partition coefficient (Wildman–Crippen LogP) is 4.19. The number of aryl methyl sites for hydroxylation is 1. The van der Waals surface area contributed by atoms with E-state index >= 15 is 0 Å². The number of hydrogen-bond acceptors (Lipinski definition) is 5. The number of ether oxygens (including phenoxy) is 1. The van der Waals surface area contributed by atoms with Gasteiger partial charge in [0.1, 0.15) is 11.7 Å². The minimum absolute atomic E-state index is 0.341. The molecule has 0 radical (unpaired) electrons. The molecule has 41 heavy (non-hydrogen) atoms. The van der Waals surface area contributed by atoms with E-state index in [0.717, 1.165) is 27.0 Å². The molecule has 2 heterocycles. The topological polar surface area (TPSA) is 109 Å². The first-order valence-electron chi connectivity index (χ1n) is 13.0. The van der Waals surface area contributed by atoms with Crippen molar-refractivity contribution in [2.45, 2.75) is 12.0 Å². The zero-order chi connectivity index (χ0) is 28.8. The smallest absolute Gasteiger partial charge is 0.270 e. The van der Waals surface area contributed by atoms with E-state index in [1.54, 1.807) is 37.5 Å². The van der Waals surface area contributed by atoms with Crippen molar-refractivity contribution >= 4 is 17.5 Å². The number of benzene rings is 3. The van der Waals surface area contributed by atoms with Crippen molar-refractivity contribution in [3.05, 3.63) is 132 Å². The summed E-state index contributed by atoms with van der Waals surface area (Å²) in [6.45, 7) is 0. The first-order valence-corrected chi connectivity index (χ1v) is 13.0. The highest BCUT2D eigenvalue weighted by Gasteiger charge is 2.33. The fourth-order valence-corrected chi connectivity index (χ4v) is 4.83. The second-order valence-corrected chi connectivity index (χ2v) is 9.46. The van der Waals surface area contributed by atoms with Crippen LogP contribution >= 0.6 is 0 Å². The Morgan fingerprint density at radius 1 is 0.902 bits per heavy atom. The van der Waals surface area contributed by atoms with E-state index in [1.807, 2.05) is 72.8 Å². The second kappa shape index (κ2) is 12.2. The highest BCUT2D eigenvalue weighted by molar-refractivity contribution is 6.01. The maximum absolute atomic E-state index is 14.0. The number of rotatable bonds is 9. The van der Waals surface area contributed by atoms with Crippen LogP contribution in [0.25, 0.3) is 11.1 Å². The molecule has 3 N–H and O–H groups in total. The van der Waals surface area contributed by atoms with Crippen molar-refractivity contribution in [1.82, 2.24) is 15.1 Å². The maximum Gasteiger partial charge on any atom is 0.270 e. The Hall–Kier alpha value is -5.44. The minimum Gasteiger partial charge on any atom is -0.490 e. The third-order valence-corrected chi connectivity index (χ3v) is 6.87. The third-order valence-electron chi connectivity index (χ3n) is 6.87. The van der Waals surface area contributed by atoms with Gasteiger partial charge in [-0.25, -0.2) is 0 Å². The van der Waals surface area contributed by atoms with Crippen LogP contribution in [0.1, 0.15) is 27.5 Å². The first-order chi connectivity index (χ1) is 19.9. The van der Waals surface area contributed by atoms with Crippen molar-refractivity contribution in [2.24, 2.45) is 7.05 Å². The summed E-state index contributed by atoms with van der Waals surface area (Å²) >= 11 is 0. The number of pyridine rings is 1. The zero-order valence-corrected chi connectivity index (χ0v) is 22.6. The number of methoxy groups -OCH3 is 1. The molecule has 2 aromatic heterocycles. The Labute approximate surface area is 237 Å². The van der Waals surface area contributed by atoms with Gasteiger partial charge in [-0.3, -0.25) is 19.5 Å². The summed E-state index contributed by atoms with van der Waals surface area (Å²) in [5, 5.41) is 19.8. The van der Waals surface area contributed by atoms with Crippen molar-refractivity contribution in [3.8, 4) is 16.9 Å². The Morgan fingerprint density at radius 2 is 1.54 bits per heavy atom. The average Bonchev–Trinajstić information content (AvgIpc) is 3.44. The van der Waals surface area contributed by atoms with Crippen molar-refractivity contribution in [3.63, 3.8) is 0 Å². The summed E-state index contributed by atoms with van der Waals surface area (Å²) in [4.78, 5) is 27.3. The van der Waals surface area contributed by atoms with Gasteiger partial charge in [-0.1, -0.05) is 72.8 Å². The van der Waals surface area contributed by atoms with Gasteiger partial charge in [0.15, 0.2) is 5.75 Å². The van der Waals surface area contributed by atoms with Crippen LogP contribution in [0.2, 0.25) is 0 Å². The summed E-state index contributed by atoms with van der Waals surface area (Å²) in [5.74, 6) is -0.745. The number of amides is 2. The molecule has 9 nitrogen and oxygen atoms in total. The lowest BCUT2D eigenvalue weighted by atomic mass is 9.84. The molecule has 0 fully saturated rings. The molecule has 0 saturated carbocycles. The van der Waals surface area contributed by atoms with Crippen molar-refractivity contribution < 1.29 is 24.3 Å². The molecule has 9 heteroatoms. The van der Waals surface area contributed by atoms with Crippen molar-refractivity contribution in [2.75, 3.05) is 12.4 Å². The summed E-state index contributed by atoms with van der Waals surface area (Å²) in [6, 6.07) is 29.0. The monoisotopic (exact) mass is 548 g/mol.